The minimum atomic E-state index is 0.936. The smallest absolute Gasteiger partial charge is 0.0636 e. The summed E-state index contributed by atoms with van der Waals surface area (Å²) in [6.45, 7) is 0. The molecule has 0 atom stereocenters. The third-order valence-corrected chi connectivity index (χ3v) is 6.85. The zero-order valence-corrected chi connectivity index (χ0v) is 21.1. The van der Waals surface area contributed by atoms with Gasteiger partial charge in [0.15, 0.2) is 0 Å². The third kappa shape index (κ3) is 4.41. The van der Waals surface area contributed by atoms with E-state index in [-0.39, 0.29) is 0 Å². The summed E-state index contributed by atoms with van der Waals surface area (Å²) in [4.78, 5) is 4.92. The Labute approximate surface area is 219 Å². The quantitative estimate of drug-likeness (QED) is 0.199. The summed E-state index contributed by atoms with van der Waals surface area (Å²) in [5, 5.41) is 2.40. The van der Waals surface area contributed by atoms with Gasteiger partial charge in [0.1, 0.15) is 0 Å². The Morgan fingerprint density at radius 3 is 1.94 bits per heavy atom. The number of fused-ring (bicyclic) bond motifs is 1. The van der Waals surface area contributed by atoms with Crippen molar-refractivity contribution in [2.75, 3.05) is 0 Å². The minimum Gasteiger partial charge on any atom is -0.309 e. The summed E-state index contributed by atoms with van der Waals surface area (Å²) in [5.74, 6) is 0. The maximum atomic E-state index is 4.92. The van der Waals surface area contributed by atoms with Crippen molar-refractivity contribution in [3.05, 3.63) is 143 Å². The molecule has 3 heteroatoms. The van der Waals surface area contributed by atoms with Crippen LogP contribution in [0.1, 0.15) is 5.56 Å². The average molecular weight is 527 g/mol. The van der Waals surface area contributed by atoms with E-state index in [0.29, 0.717) is 0 Å². The summed E-state index contributed by atoms with van der Waals surface area (Å²) in [5.41, 5.74) is 7.63. The standard InChI is InChI=1S/C33H23BrN2/c34-29-16-19-31(20-17-29)36-32(25-10-3-1-4-11-25)22-28(33(36)26-12-5-2-6-13-26)23-35-30-18-15-24-9-7-8-14-27(24)21-30/h1-23H. The van der Waals surface area contributed by atoms with Crippen LogP contribution < -0.4 is 0 Å². The minimum absolute atomic E-state index is 0.936. The predicted molar refractivity (Wildman–Crippen MR) is 156 cm³/mol. The van der Waals surface area contributed by atoms with Crippen molar-refractivity contribution in [1.82, 2.24) is 4.57 Å². The highest BCUT2D eigenvalue weighted by Crippen LogP contribution is 2.36. The Hall–Kier alpha value is -4.21. The highest BCUT2D eigenvalue weighted by molar-refractivity contribution is 9.10. The zero-order chi connectivity index (χ0) is 24.3. The second-order valence-corrected chi connectivity index (χ2v) is 9.58. The summed E-state index contributed by atoms with van der Waals surface area (Å²) in [6.07, 6.45) is 1.99. The van der Waals surface area contributed by atoms with Crippen LogP contribution in [0.25, 0.3) is 39.0 Å². The van der Waals surface area contributed by atoms with Crippen LogP contribution >= 0.6 is 15.9 Å². The molecule has 0 spiro atoms. The Kier molecular flexibility index (Phi) is 6.06. The SMILES string of the molecule is Brc1ccc(-n2c(-c3ccccc3)cc(C=Nc3ccc4ccccc4c3)c2-c2ccccc2)cc1. The van der Waals surface area contributed by atoms with E-state index in [1.807, 2.05) is 6.21 Å². The van der Waals surface area contributed by atoms with Crippen LogP contribution in [0.4, 0.5) is 5.69 Å². The molecule has 1 heterocycles. The molecule has 0 aliphatic rings. The van der Waals surface area contributed by atoms with Gasteiger partial charge < -0.3 is 4.57 Å². The Morgan fingerprint density at radius 1 is 0.583 bits per heavy atom. The van der Waals surface area contributed by atoms with E-state index in [9.17, 15) is 0 Å². The maximum Gasteiger partial charge on any atom is 0.0636 e. The summed E-state index contributed by atoms with van der Waals surface area (Å²) in [7, 11) is 0. The highest BCUT2D eigenvalue weighted by atomic mass is 79.9. The zero-order valence-electron chi connectivity index (χ0n) is 19.6. The number of halogens is 1. The molecule has 0 N–H and O–H groups in total. The van der Waals surface area contributed by atoms with Crippen LogP contribution in [0.2, 0.25) is 0 Å². The Balaban J connectivity index is 1.57. The molecule has 172 valence electrons. The van der Waals surface area contributed by atoms with E-state index in [1.165, 1.54) is 10.8 Å². The fourth-order valence-corrected chi connectivity index (χ4v) is 4.87. The molecule has 2 nitrogen and oxygen atoms in total. The van der Waals surface area contributed by atoms with Gasteiger partial charge >= 0.3 is 0 Å². The molecular formula is C33H23BrN2. The van der Waals surface area contributed by atoms with Gasteiger partial charge in [0.2, 0.25) is 0 Å². The molecule has 0 saturated carbocycles. The van der Waals surface area contributed by atoms with E-state index in [0.717, 1.165) is 43.9 Å². The highest BCUT2D eigenvalue weighted by Gasteiger charge is 2.18. The molecule has 6 aromatic rings. The van der Waals surface area contributed by atoms with Gasteiger partial charge in [0.25, 0.3) is 0 Å². The number of nitrogens with zero attached hydrogens (tertiary/aromatic N) is 2. The molecule has 0 amide bonds. The lowest BCUT2D eigenvalue weighted by molar-refractivity contribution is 1.09. The molecule has 0 bridgehead atoms. The van der Waals surface area contributed by atoms with Gasteiger partial charge in [0.05, 0.1) is 17.1 Å². The first-order chi connectivity index (χ1) is 17.8. The summed E-state index contributed by atoms with van der Waals surface area (Å²) in [6, 6.07) is 46.5. The molecule has 0 aliphatic carbocycles. The van der Waals surface area contributed by atoms with Crippen LogP contribution in [0.3, 0.4) is 0 Å². The fraction of sp³-hybridized carbons (Fsp3) is 0. The van der Waals surface area contributed by atoms with E-state index in [2.05, 4.69) is 154 Å². The number of benzene rings is 5. The van der Waals surface area contributed by atoms with Crippen molar-refractivity contribution in [2.45, 2.75) is 0 Å². The van der Waals surface area contributed by atoms with Gasteiger partial charge in [-0.3, -0.25) is 4.99 Å². The number of aromatic nitrogens is 1. The molecule has 5 aromatic carbocycles. The lowest BCUT2D eigenvalue weighted by Crippen LogP contribution is -2.00. The van der Waals surface area contributed by atoms with E-state index < -0.39 is 0 Å². The number of rotatable bonds is 5. The third-order valence-electron chi connectivity index (χ3n) is 6.32. The lowest BCUT2D eigenvalue weighted by Gasteiger charge is -2.15. The normalized spacial score (nSPS) is 11.4. The molecular weight excluding hydrogens is 504 g/mol. The van der Waals surface area contributed by atoms with E-state index in [1.54, 1.807) is 0 Å². The molecule has 6 rings (SSSR count). The van der Waals surface area contributed by atoms with Crippen molar-refractivity contribution >= 4 is 38.6 Å². The van der Waals surface area contributed by atoms with Gasteiger partial charge in [-0.2, -0.15) is 0 Å². The van der Waals surface area contributed by atoms with Crippen LogP contribution in [0.5, 0.6) is 0 Å². The van der Waals surface area contributed by atoms with Crippen molar-refractivity contribution in [3.63, 3.8) is 0 Å². The molecule has 0 saturated heterocycles. The van der Waals surface area contributed by atoms with Gasteiger partial charge in [0, 0.05) is 21.9 Å². The summed E-state index contributed by atoms with van der Waals surface area (Å²) < 4.78 is 3.39. The molecule has 1 aromatic heterocycles. The van der Waals surface area contributed by atoms with Gasteiger partial charge in [-0.15, -0.1) is 0 Å². The predicted octanol–water partition coefficient (Wildman–Crippen LogP) is 9.48. The molecule has 36 heavy (non-hydrogen) atoms. The topological polar surface area (TPSA) is 17.3 Å². The van der Waals surface area contributed by atoms with Gasteiger partial charge in [-0.1, -0.05) is 107 Å². The second-order valence-electron chi connectivity index (χ2n) is 8.67. The van der Waals surface area contributed by atoms with E-state index in [4.69, 9.17) is 4.99 Å². The molecule has 0 fully saturated rings. The second kappa shape index (κ2) is 9.80. The number of hydrogen-bond acceptors (Lipinski definition) is 1. The van der Waals surface area contributed by atoms with Gasteiger partial charge in [-0.25, -0.2) is 0 Å². The lowest BCUT2D eigenvalue weighted by atomic mass is 10.1. The van der Waals surface area contributed by atoms with Crippen molar-refractivity contribution in [3.8, 4) is 28.2 Å². The van der Waals surface area contributed by atoms with Crippen molar-refractivity contribution in [2.24, 2.45) is 4.99 Å². The monoisotopic (exact) mass is 526 g/mol. The number of aliphatic imine (C=N–C) groups is 1. The van der Waals surface area contributed by atoms with Gasteiger partial charge in [-0.05, 0) is 64.4 Å². The maximum absolute atomic E-state index is 4.92. The van der Waals surface area contributed by atoms with Crippen LogP contribution in [0, 0.1) is 0 Å². The largest absolute Gasteiger partial charge is 0.309 e. The van der Waals surface area contributed by atoms with Crippen LogP contribution in [-0.4, -0.2) is 10.8 Å². The Bertz CT molecular complexity index is 1660. The first-order valence-corrected chi connectivity index (χ1v) is 12.7. The molecule has 0 unspecified atom stereocenters. The number of hydrogen-bond donors (Lipinski definition) is 0. The van der Waals surface area contributed by atoms with Crippen LogP contribution in [-0.2, 0) is 0 Å². The fourth-order valence-electron chi connectivity index (χ4n) is 4.60. The first kappa shape index (κ1) is 22.3. The van der Waals surface area contributed by atoms with E-state index >= 15 is 0 Å². The average Bonchev–Trinajstić information content (AvgIpc) is 3.33. The van der Waals surface area contributed by atoms with Crippen LogP contribution in [0.15, 0.2) is 143 Å². The Morgan fingerprint density at radius 2 is 1.22 bits per heavy atom. The van der Waals surface area contributed by atoms with Crippen molar-refractivity contribution < 1.29 is 0 Å². The molecule has 0 aliphatic heterocycles. The van der Waals surface area contributed by atoms with Crippen molar-refractivity contribution in [1.29, 1.82) is 0 Å². The first-order valence-electron chi connectivity index (χ1n) is 11.9. The molecule has 0 radical (unpaired) electrons. The summed E-state index contributed by atoms with van der Waals surface area (Å²) >= 11 is 3.59.